The lowest BCUT2D eigenvalue weighted by atomic mass is 10.0. The fraction of sp³-hybridized carbons (Fsp3) is 0.143. The van der Waals surface area contributed by atoms with E-state index >= 15 is 0 Å². The highest BCUT2D eigenvalue weighted by Gasteiger charge is 2.00. The highest BCUT2D eigenvalue weighted by Crippen LogP contribution is 2.25. The van der Waals surface area contributed by atoms with E-state index in [9.17, 15) is 10.2 Å². The molecule has 2 aromatic carbocycles. The van der Waals surface area contributed by atoms with E-state index in [1.165, 1.54) is 11.1 Å². The van der Waals surface area contributed by atoms with Crippen LogP contribution >= 0.6 is 15.9 Å². The lowest BCUT2D eigenvalue weighted by Crippen LogP contribution is -1.91. The molecule has 88 valence electrons. The van der Waals surface area contributed by atoms with E-state index in [-0.39, 0.29) is 5.75 Å². The maximum atomic E-state index is 9.38. The first-order valence-corrected chi connectivity index (χ1v) is 6.20. The summed E-state index contributed by atoms with van der Waals surface area (Å²) in [5, 5.41) is 18.6. The summed E-state index contributed by atoms with van der Waals surface area (Å²) >= 11 is 3.30. The van der Waals surface area contributed by atoms with Gasteiger partial charge in [-0.2, -0.15) is 0 Å². The summed E-state index contributed by atoms with van der Waals surface area (Å²) in [5.74, 6) is 0.555. The number of phenols is 2. The number of aryl methyl sites for hydroxylation is 2. The molecule has 0 aliphatic rings. The minimum atomic E-state index is 0.262. The Morgan fingerprint density at radius 1 is 0.824 bits per heavy atom. The van der Waals surface area contributed by atoms with Crippen molar-refractivity contribution in [1.29, 1.82) is 0 Å². The van der Waals surface area contributed by atoms with Crippen LogP contribution in [0.5, 0.6) is 11.5 Å². The Morgan fingerprint density at radius 2 is 1.41 bits per heavy atom. The third-order valence-corrected chi connectivity index (χ3v) is 3.29. The van der Waals surface area contributed by atoms with Gasteiger partial charge in [0.15, 0.2) is 0 Å². The van der Waals surface area contributed by atoms with Gasteiger partial charge in [0.25, 0.3) is 0 Å². The Morgan fingerprint density at radius 3 is 2.06 bits per heavy atom. The van der Waals surface area contributed by atoms with E-state index in [0.29, 0.717) is 5.75 Å². The lowest BCUT2D eigenvalue weighted by molar-refractivity contribution is 0.471. The summed E-state index contributed by atoms with van der Waals surface area (Å²) in [6.45, 7) is 0. The highest BCUT2D eigenvalue weighted by atomic mass is 79.9. The van der Waals surface area contributed by atoms with Gasteiger partial charge in [-0.3, -0.25) is 0 Å². The van der Waals surface area contributed by atoms with E-state index in [4.69, 9.17) is 0 Å². The number of hydrogen-bond acceptors (Lipinski definition) is 2. The molecule has 0 atom stereocenters. The zero-order valence-corrected chi connectivity index (χ0v) is 10.8. The van der Waals surface area contributed by atoms with Crippen LogP contribution in [0.25, 0.3) is 0 Å². The van der Waals surface area contributed by atoms with E-state index in [0.717, 1.165) is 17.3 Å². The normalized spacial score (nSPS) is 10.4. The Bertz CT molecular complexity index is 506. The maximum Gasteiger partial charge on any atom is 0.129 e. The zero-order valence-electron chi connectivity index (χ0n) is 9.23. The fourth-order valence-electron chi connectivity index (χ4n) is 1.66. The Balaban J connectivity index is 2.02. The van der Waals surface area contributed by atoms with Crippen LogP contribution in [0.1, 0.15) is 11.1 Å². The average molecular weight is 293 g/mol. The Kier molecular flexibility index (Phi) is 3.69. The van der Waals surface area contributed by atoms with Crippen molar-refractivity contribution in [3.8, 4) is 11.5 Å². The second-order valence-electron chi connectivity index (χ2n) is 3.95. The van der Waals surface area contributed by atoms with E-state index in [2.05, 4.69) is 15.9 Å². The van der Waals surface area contributed by atoms with E-state index in [1.54, 1.807) is 18.2 Å². The number of rotatable bonds is 3. The summed E-state index contributed by atoms with van der Waals surface area (Å²) in [4.78, 5) is 0. The van der Waals surface area contributed by atoms with Crippen molar-refractivity contribution in [2.75, 3.05) is 0 Å². The first kappa shape index (κ1) is 12.0. The molecule has 0 aliphatic heterocycles. The van der Waals surface area contributed by atoms with Crippen molar-refractivity contribution in [2.24, 2.45) is 0 Å². The molecule has 0 bridgehead atoms. The third kappa shape index (κ3) is 3.24. The van der Waals surface area contributed by atoms with Crippen molar-refractivity contribution >= 4 is 15.9 Å². The van der Waals surface area contributed by atoms with E-state index in [1.807, 2.05) is 24.3 Å². The van der Waals surface area contributed by atoms with Gasteiger partial charge in [0, 0.05) is 0 Å². The Labute approximate surface area is 109 Å². The van der Waals surface area contributed by atoms with Crippen LogP contribution in [0, 0.1) is 0 Å². The predicted octanol–water partition coefficient (Wildman–Crippen LogP) is 3.65. The topological polar surface area (TPSA) is 40.5 Å². The number of halogens is 1. The molecule has 2 rings (SSSR count). The largest absolute Gasteiger partial charge is 0.508 e. The molecule has 0 spiro atoms. The van der Waals surface area contributed by atoms with Crippen LogP contribution in [-0.2, 0) is 12.8 Å². The molecule has 0 saturated heterocycles. The molecule has 2 N–H and O–H groups in total. The van der Waals surface area contributed by atoms with Gasteiger partial charge in [0.1, 0.15) is 11.5 Å². The number of hydrogen-bond donors (Lipinski definition) is 2. The molecular weight excluding hydrogens is 280 g/mol. The molecule has 0 radical (unpaired) electrons. The average Bonchev–Trinajstić information content (AvgIpc) is 2.33. The molecule has 0 fully saturated rings. The quantitative estimate of drug-likeness (QED) is 0.907. The third-order valence-electron chi connectivity index (χ3n) is 2.65. The van der Waals surface area contributed by atoms with Crippen molar-refractivity contribution in [2.45, 2.75) is 12.8 Å². The highest BCUT2D eigenvalue weighted by molar-refractivity contribution is 9.10. The van der Waals surface area contributed by atoms with Crippen LogP contribution < -0.4 is 0 Å². The summed E-state index contributed by atoms with van der Waals surface area (Å²) in [5.41, 5.74) is 2.36. The van der Waals surface area contributed by atoms with E-state index < -0.39 is 0 Å². The van der Waals surface area contributed by atoms with Gasteiger partial charge in [-0.25, -0.2) is 0 Å². The standard InChI is InChI=1S/C14H13BrO2/c15-13-9-11(5-8-14(13)17)2-1-10-3-6-12(16)7-4-10/h3-9,16-17H,1-2H2. The zero-order chi connectivity index (χ0) is 12.3. The first-order valence-electron chi connectivity index (χ1n) is 5.40. The van der Waals surface area contributed by atoms with Crippen molar-refractivity contribution in [3.05, 3.63) is 58.1 Å². The van der Waals surface area contributed by atoms with Gasteiger partial charge in [-0.15, -0.1) is 0 Å². The first-order chi connectivity index (χ1) is 8.15. The van der Waals surface area contributed by atoms with Gasteiger partial charge in [0.2, 0.25) is 0 Å². The maximum absolute atomic E-state index is 9.38. The fourth-order valence-corrected chi connectivity index (χ4v) is 2.08. The van der Waals surface area contributed by atoms with Crippen LogP contribution in [-0.4, -0.2) is 10.2 Å². The molecule has 2 aromatic rings. The van der Waals surface area contributed by atoms with Crippen LogP contribution in [0.15, 0.2) is 46.9 Å². The Hall–Kier alpha value is -1.48. The summed E-state index contributed by atoms with van der Waals surface area (Å²) < 4.78 is 0.723. The molecule has 0 aromatic heterocycles. The predicted molar refractivity (Wildman–Crippen MR) is 71.3 cm³/mol. The molecule has 17 heavy (non-hydrogen) atoms. The van der Waals surface area contributed by atoms with Crippen LogP contribution in [0.2, 0.25) is 0 Å². The molecular formula is C14H13BrO2. The minimum absolute atomic E-state index is 0.262. The smallest absolute Gasteiger partial charge is 0.129 e. The van der Waals surface area contributed by atoms with Crippen molar-refractivity contribution in [1.82, 2.24) is 0 Å². The molecule has 0 saturated carbocycles. The van der Waals surface area contributed by atoms with Gasteiger partial charge in [-0.1, -0.05) is 18.2 Å². The number of benzene rings is 2. The second-order valence-corrected chi connectivity index (χ2v) is 4.81. The SMILES string of the molecule is Oc1ccc(CCc2ccc(O)c(Br)c2)cc1. The second kappa shape index (κ2) is 5.23. The van der Waals surface area contributed by atoms with Gasteiger partial charge in [0.05, 0.1) is 4.47 Å². The van der Waals surface area contributed by atoms with Crippen molar-refractivity contribution in [3.63, 3.8) is 0 Å². The van der Waals surface area contributed by atoms with Crippen LogP contribution in [0.4, 0.5) is 0 Å². The van der Waals surface area contributed by atoms with Gasteiger partial charge >= 0.3 is 0 Å². The molecule has 0 aliphatic carbocycles. The summed E-state index contributed by atoms with van der Waals surface area (Å²) in [6.07, 6.45) is 1.82. The summed E-state index contributed by atoms with van der Waals surface area (Å²) in [6, 6.07) is 12.8. The van der Waals surface area contributed by atoms with Crippen LogP contribution in [0.3, 0.4) is 0 Å². The summed E-state index contributed by atoms with van der Waals surface area (Å²) in [7, 11) is 0. The van der Waals surface area contributed by atoms with Gasteiger partial charge in [-0.05, 0) is 64.2 Å². The lowest BCUT2D eigenvalue weighted by Gasteiger charge is -2.04. The van der Waals surface area contributed by atoms with Gasteiger partial charge < -0.3 is 10.2 Å². The molecule has 2 nitrogen and oxygen atoms in total. The number of phenolic OH excluding ortho intramolecular Hbond substituents is 2. The molecule has 0 heterocycles. The molecule has 3 heteroatoms. The van der Waals surface area contributed by atoms with Crippen molar-refractivity contribution < 1.29 is 10.2 Å². The monoisotopic (exact) mass is 292 g/mol. The molecule has 0 amide bonds. The number of aromatic hydroxyl groups is 2. The molecule has 0 unspecified atom stereocenters. The minimum Gasteiger partial charge on any atom is -0.508 e.